The molecule has 1 N–H and O–H groups in total. The van der Waals surface area contributed by atoms with Crippen LogP contribution in [-0.2, 0) is 27.9 Å². The Bertz CT molecular complexity index is 1330. The van der Waals surface area contributed by atoms with Gasteiger partial charge in [-0.15, -0.1) is 11.3 Å². The minimum absolute atomic E-state index is 0.0551. The Morgan fingerprint density at radius 2 is 1.94 bits per heavy atom. The van der Waals surface area contributed by atoms with E-state index in [1.54, 1.807) is 23.2 Å². The molecule has 9 nitrogen and oxygen atoms in total. The second-order valence-electron chi connectivity index (χ2n) is 9.76. The number of nitriles is 1. The smallest absolute Gasteiger partial charge is 0.316 e. The molecule has 36 heavy (non-hydrogen) atoms. The van der Waals surface area contributed by atoms with Crippen LogP contribution in [0.15, 0.2) is 30.5 Å². The Hall–Kier alpha value is -2.88. The summed E-state index contributed by atoms with van der Waals surface area (Å²) >= 11 is 1.39. The van der Waals surface area contributed by atoms with Gasteiger partial charge < -0.3 is 4.90 Å². The number of aryl methyl sites for hydroxylation is 1. The summed E-state index contributed by atoms with van der Waals surface area (Å²) < 4.78 is 42.2. The number of amides is 3. The number of halogens is 1. The van der Waals surface area contributed by atoms with E-state index in [0.29, 0.717) is 24.8 Å². The van der Waals surface area contributed by atoms with E-state index in [1.165, 1.54) is 28.4 Å². The summed E-state index contributed by atoms with van der Waals surface area (Å²) in [5, 5.41) is 9.31. The third-order valence-electron chi connectivity index (χ3n) is 7.22. The van der Waals surface area contributed by atoms with Gasteiger partial charge >= 0.3 is 6.03 Å². The van der Waals surface area contributed by atoms with Gasteiger partial charge in [-0.25, -0.2) is 22.6 Å². The van der Waals surface area contributed by atoms with Crippen LogP contribution >= 0.6 is 11.3 Å². The van der Waals surface area contributed by atoms with Crippen LogP contribution < -0.4 is 4.72 Å². The number of carbonyl (C=O) groups is 2. The molecule has 0 bridgehead atoms. The van der Waals surface area contributed by atoms with Gasteiger partial charge in [0.2, 0.25) is 15.9 Å². The van der Waals surface area contributed by atoms with E-state index in [2.05, 4.69) is 9.71 Å². The number of aromatic nitrogens is 1. The molecule has 2 aromatic rings. The zero-order valence-corrected chi connectivity index (χ0v) is 21.3. The lowest BCUT2D eigenvalue weighted by Gasteiger charge is -2.48. The first kappa shape index (κ1) is 24.8. The summed E-state index contributed by atoms with van der Waals surface area (Å²) in [5.74, 6) is -1.49. The third-order valence-corrected chi connectivity index (χ3v) is 10.1. The van der Waals surface area contributed by atoms with Crippen LogP contribution in [-0.4, -0.2) is 52.0 Å². The summed E-state index contributed by atoms with van der Waals surface area (Å²) in [7, 11) is -3.83. The van der Waals surface area contributed by atoms with Crippen LogP contribution in [0.2, 0.25) is 0 Å². The summed E-state index contributed by atoms with van der Waals surface area (Å²) in [6, 6.07) is 6.97. The van der Waals surface area contributed by atoms with Crippen molar-refractivity contribution in [2.45, 2.75) is 68.9 Å². The predicted octanol–water partition coefficient (Wildman–Crippen LogP) is 3.07. The number of sulfonamides is 1. The maximum Gasteiger partial charge on any atom is 0.327 e. The maximum atomic E-state index is 13.6. The molecule has 2 saturated carbocycles. The molecule has 3 unspecified atom stereocenters. The fourth-order valence-corrected chi connectivity index (χ4v) is 7.75. The van der Waals surface area contributed by atoms with E-state index in [9.17, 15) is 27.7 Å². The number of carbonyl (C=O) groups excluding carboxylic acids is 2. The molecule has 2 heterocycles. The second-order valence-corrected chi connectivity index (χ2v) is 13.0. The van der Waals surface area contributed by atoms with Crippen molar-refractivity contribution in [2.75, 3.05) is 0 Å². The van der Waals surface area contributed by atoms with Gasteiger partial charge in [0.05, 0.1) is 28.8 Å². The Balaban J connectivity index is 1.43. The molecule has 0 radical (unpaired) electrons. The van der Waals surface area contributed by atoms with Gasteiger partial charge in [-0.2, -0.15) is 9.98 Å². The first-order valence-electron chi connectivity index (χ1n) is 11.8. The standard InChI is InChI=1S/C24H26FN5O4S2/c1-15-27-11-18(35-15)13-30-22(31)20-10-19(36(33,34)28-24(14-26)8-9-24)6-7-21(20)29(23(30)32)12-16-2-4-17(25)5-3-16/h2-5,11,19-21,28H,6-10,12-13H2,1H3. The predicted molar refractivity (Wildman–Crippen MR) is 129 cm³/mol. The SMILES string of the molecule is Cc1ncc(CN2C(=O)C3CC(S(=O)(=O)NC4(C#N)CC4)CCC3N(Cc3ccc(F)cc3)C2=O)s1. The summed E-state index contributed by atoms with van der Waals surface area (Å²) in [5.41, 5.74) is -0.319. The van der Waals surface area contributed by atoms with E-state index in [-0.39, 0.29) is 31.7 Å². The highest BCUT2D eigenvalue weighted by Crippen LogP contribution is 2.41. The third kappa shape index (κ3) is 4.75. The summed E-state index contributed by atoms with van der Waals surface area (Å²) in [6.45, 7) is 2.07. The van der Waals surface area contributed by atoms with Gasteiger partial charge in [0.25, 0.3) is 0 Å². The number of thiazole rings is 1. The molecule has 1 aliphatic heterocycles. The molecule has 190 valence electrons. The van der Waals surface area contributed by atoms with E-state index in [1.807, 2.05) is 13.0 Å². The second kappa shape index (κ2) is 9.21. The highest BCUT2D eigenvalue weighted by Gasteiger charge is 2.53. The average Bonchev–Trinajstić information content (AvgIpc) is 3.50. The Kier molecular flexibility index (Phi) is 6.34. The summed E-state index contributed by atoms with van der Waals surface area (Å²) in [6.07, 6.45) is 3.25. The molecule has 3 amide bonds. The van der Waals surface area contributed by atoms with Crippen molar-refractivity contribution in [3.63, 3.8) is 0 Å². The maximum absolute atomic E-state index is 13.6. The van der Waals surface area contributed by atoms with Gasteiger partial charge in [0.1, 0.15) is 11.4 Å². The molecule has 1 aromatic heterocycles. The zero-order chi connectivity index (χ0) is 25.7. The van der Waals surface area contributed by atoms with E-state index >= 15 is 0 Å². The quantitative estimate of drug-likeness (QED) is 0.586. The zero-order valence-electron chi connectivity index (χ0n) is 19.7. The van der Waals surface area contributed by atoms with Crippen LogP contribution in [0.1, 0.15) is 47.6 Å². The molecule has 2 aliphatic carbocycles. The van der Waals surface area contributed by atoms with Crippen molar-refractivity contribution >= 4 is 33.3 Å². The number of hydrogen-bond acceptors (Lipinski definition) is 7. The van der Waals surface area contributed by atoms with Gasteiger partial charge in [0.15, 0.2) is 0 Å². The van der Waals surface area contributed by atoms with Gasteiger partial charge in [-0.05, 0) is 56.7 Å². The number of urea groups is 1. The van der Waals surface area contributed by atoms with E-state index < -0.39 is 44.7 Å². The molecule has 3 atom stereocenters. The molecular formula is C24H26FN5O4S2. The highest BCUT2D eigenvalue weighted by atomic mass is 32.2. The lowest BCUT2D eigenvalue weighted by Crippen LogP contribution is -2.63. The number of fused-ring (bicyclic) bond motifs is 1. The van der Waals surface area contributed by atoms with Crippen molar-refractivity contribution in [2.24, 2.45) is 5.92 Å². The minimum atomic E-state index is -3.83. The fraction of sp³-hybridized carbons (Fsp3) is 0.500. The topological polar surface area (TPSA) is 123 Å². The van der Waals surface area contributed by atoms with Crippen molar-refractivity contribution < 1.29 is 22.4 Å². The number of benzene rings is 1. The monoisotopic (exact) mass is 531 g/mol. The van der Waals surface area contributed by atoms with Crippen LogP contribution in [0.3, 0.4) is 0 Å². The molecular weight excluding hydrogens is 505 g/mol. The average molecular weight is 532 g/mol. The molecule has 3 fully saturated rings. The van der Waals surface area contributed by atoms with Crippen LogP contribution in [0.5, 0.6) is 0 Å². The molecule has 3 aliphatic rings. The molecule has 12 heteroatoms. The van der Waals surface area contributed by atoms with Crippen molar-refractivity contribution in [3.8, 4) is 6.07 Å². The molecule has 1 aromatic carbocycles. The first-order valence-corrected chi connectivity index (χ1v) is 14.2. The van der Waals surface area contributed by atoms with Crippen molar-refractivity contribution in [1.29, 1.82) is 5.26 Å². The largest absolute Gasteiger partial charge is 0.327 e. The van der Waals surface area contributed by atoms with E-state index in [4.69, 9.17) is 0 Å². The van der Waals surface area contributed by atoms with Crippen LogP contribution in [0, 0.1) is 30.0 Å². The van der Waals surface area contributed by atoms with Crippen molar-refractivity contribution in [1.82, 2.24) is 19.5 Å². The number of rotatable bonds is 7. The Morgan fingerprint density at radius 3 is 2.56 bits per heavy atom. The Morgan fingerprint density at radius 1 is 1.22 bits per heavy atom. The van der Waals surface area contributed by atoms with Crippen LogP contribution in [0.25, 0.3) is 0 Å². The lowest BCUT2D eigenvalue weighted by molar-refractivity contribution is -0.141. The van der Waals surface area contributed by atoms with Gasteiger partial charge in [0, 0.05) is 23.7 Å². The minimum Gasteiger partial charge on any atom is -0.316 e. The molecule has 0 spiro atoms. The van der Waals surface area contributed by atoms with Gasteiger partial charge in [-0.3, -0.25) is 9.69 Å². The Labute approximate surface area is 213 Å². The fourth-order valence-electron chi connectivity index (χ4n) is 5.10. The van der Waals surface area contributed by atoms with Crippen molar-refractivity contribution in [3.05, 3.63) is 51.7 Å². The lowest BCUT2D eigenvalue weighted by atomic mass is 9.80. The van der Waals surface area contributed by atoms with E-state index in [0.717, 1.165) is 9.88 Å². The van der Waals surface area contributed by atoms with Gasteiger partial charge in [-0.1, -0.05) is 12.1 Å². The number of nitrogens with one attached hydrogen (secondary N) is 1. The normalized spacial score (nSPS) is 25.4. The molecule has 5 rings (SSSR count). The summed E-state index contributed by atoms with van der Waals surface area (Å²) in [4.78, 5) is 34.9. The molecule has 1 saturated heterocycles. The highest BCUT2D eigenvalue weighted by molar-refractivity contribution is 7.90. The number of imide groups is 1. The van der Waals surface area contributed by atoms with Crippen LogP contribution in [0.4, 0.5) is 9.18 Å². The number of hydrogen-bond donors (Lipinski definition) is 1. The first-order chi connectivity index (χ1) is 17.1. The number of nitrogens with zero attached hydrogens (tertiary/aromatic N) is 4.